The second-order valence-corrected chi connectivity index (χ2v) is 5.83. The lowest BCUT2D eigenvalue weighted by molar-refractivity contribution is 0.170. The zero-order valence-corrected chi connectivity index (χ0v) is 12.9. The Labute approximate surface area is 122 Å². The molecule has 0 spiro atoms. The Morgan fingerprint density at radius 1 is 1.25 bits per heavy atom. The van der Waals surface area contributed by atoms with Crippen LogP contribution >= 0.6 is 0 Å². The minimum atomic E-state index is 0.367. The van der Waals surface area contributed by atoms with E-state index in [1.54, 1.807) is 14.2 Å². The minimum Gasteiger partial charge on any atom is -0.496 e. The summed E-state index contributed by atoms with van der Waals surface area (Å²) in [6.07, 6.45) is 4.89. The second kappa shape index (κ2) is 7.09. The maximum absolute atomic E-state index is 5.48. The van der Waals surface area contributed by atoms with Crippen LogP contribution in [0.3, 0.4) is 0 Å². The Bertz CT molecular complexity index is 415. The molecule has 20 heavy (non-hydrogen) atoms. The van der Waals surface area contributed by atoms with Crippen LogP contribution < -0.4 is 10.1 Å². The molecule has 1 aliphatic rings. The van der Waals surface area contributed by atoms with E-state index in [1.807, 2.05) is 12.1 Å². The summed E-state index contributed by atoms with van der Waals surface area (Å²) in [5.74, 6) is 0.980. The van der Waals surface area contributed by atoms with E-state index in [1.165, 1.54) is 24.8 Å². The van der Waals surface area contributed by atoms with E-state index >= 15 is 0 Å². The van der Waals surface area contributed by atoms with Gasteiger partial charge in [0, 0.05) is 31.9 Å². The Morgan fingerprint density at radius 2 is 2.00 bits per heavy atom. The number of hydrogen-bond donors (Lipinski definition) is 1. The monoisotopic (exact) mass is 277 g/mol. The lowest BCUT2D eigenvalue weighted by atomic mass is 9.99. The molecule has 3 heteroatoms. The minimum absolute atomic E-state index is 0.367. The molecule has 0 radical (unpaired) electrons. The van der Waals surface area contributed by atoms with Crippen molar-refractivity contribution in [3.8, 4) is 5.75 Å². The molecular weight excluding hydrogens is 250 g/mol. The molecule has 0 aliphatic heterocycles. The normalized spacial score (nSPS) is 17.8. The van der Waals surface area contributed by atoms with Crippen LogP contribution in [0.2, 0.25) is 0 Å². The van der Waals surface area contributed by atoms with Crippen LogP contribution in [-0.4, -0.2) is 27.4 Å². The number of para-hydroxylation sites is 1. The molecule has 112 valence electrons. The van der Waals surface area contributed by atoms with E-state index in [0.29, 0.717) is 11.5 Å². The molecule has 1 unspecified atom stereocenters. The maximum atomic E-state index is 5.48. The van der Waals surface area contributed by atoms with Crippen LogP contribution in [0.25, 0.3) is 0 Å². The molecule has 1 aliphatic carbocycles. The van der Waals surface area contributed by atoms with Gasteiger partial charge in [0.15, 0.2) is 0 Å². The van der Waals surface area contributed by atoms with Gasteiger partial charge in [-0.2, -0.15) is 0 Å². The highest BCUT2D eigenvalue weighted by Crippen LogP contribution is 2.48. The van der Waals surface area contributed by atoms with Gasteiger partial charge in [0.2, 0.25) is 0 Å². The van der Waals surface area contributed by atoms with Gasteiger partial charge >= 0.3 is 0 Å². The molecule has 1 saturated carbocycles. The fourth-order valence-electron chi connectivity index (χ4n) is 2.78. The molecule has 0 heterocycles. The quantitative estimate of drug-likeness (QED) is 0.748. The Hall–Kier alpha value is -1.06. The predicted octanol–water partition coefficient (Wildman–Crippen LogP) is 3.55. The summed E-state index contributed by atoms with van der Waals surface area (Å²) in [7, 11) is 3.53. The van der Waals surface area contributed by atoms with Gasteiger partial charge in [-0.25, -0.2) is 0 Å². The average molecular weight is 277 g/mol. The first kappa shape index (κ1) is 15.3. The van der Waals surface area contributed by atoms with Gasteiger partial charge in [0.05, 0.1) is 7.11 Å². The van der Waals surface area contributed by atoms with Crippen molar-refractivity contribution in [1.82, 2.24) is 5.32 Å². The first-order chi connectivity index (χ1) is 9.74. The van der Waals surface area contributed by atoms with Gasteiger partial charge in [-0.1, -0.05) is 25.1 Å². The number of benzene rings is 1. The van der Waals surface area contributed by atoms with Gasteiger partial charge in [-0.15, -0.1) is 0 Å². The van der Waals surface area contributed by atoms with Gasteiger partial charge < -0.3 is 14.8 Å². The van der Waals surface area contributed by atoms with E-state index in [4.69, 9.17) is 9.47 Å². The van der Waals surface area contributed by atoms with E-state index in [-0.39, 0.29) is 0 Å². The van der Waals surface area contributed by atoms with Crippen molar-refractivity contribution in [2.24, 2.45) is 5.41 Å². The van der Waals surface area contributed by atoms with Crippen LogP contribution in [0.4, 0.5) is 0 Å². The Morgan fingerprint density at radius 3 is 2.60 bits per heavy atom. The van der Waals surface area contributed by atoms with E-state index in [2.05, 4.69) is 24.4 Å². The largest absolute Gasteiger partial charge is 0.496 e. The van der Waals surface area contributed by atoms with Gasteiger partial charge in [0.1, 0.15) is 5.75 Å². The van der Waals surface area contributed by atoms with Gasteiger partial charge in [-0.05, 0) is 37.2 Å². The topological polar surface area (TPSA) is 30.5 Å². The third-order valence-electron chi connectivity index (χ3n) is 4.44. The van der Waals surface area contributed by atoms with E-state index in [0.717, 1.165) is 25.3 Å². The smallest absolute Gasteiger partial charge is 0.123 e. The SMILES string of the molecule is CCC(NCC1(CCOC)CC1)c1ccccc1OC. The third-order valence-corrected chi connectivity index (χ3v) is 4.44. The standard InChI is InChI=1S/C17H27NO2/c1-4-15(14-7-5-6-8-16(14)20-3)18-13-17(9-10-17)11-12-19-2/h5-8,15,18H,4,9-13H2,1-3H3. The summed E-state index contributed by atoms with van der Waals surface area (Å²) >= 11 is 0. The lowest BCUT2D eigenvalue weighted by Gasteiger charge is -2.23. The number of nitrogens with one attached hydrogen (secondary N) is 1. The molecule has 3 nitrogen and oxygen atoms in total. The molecule has 1 fully saturated rings. The van der Waals surface area contributed by atoms with Gasteiger partial charge in [-0.3, -0.25) is 0 Å². The third kappa shape index (κ3) is 3.74. The molecule has 2 rings (SSSR count). The molecule has 1 aromatic rings. The summed E-state index contributed by atoms with van der Waals surface area (Å²) < 4.78 is 10.7. The average Bonchev–Trinajstić information content (AvgIpc) is 3.26. The van der Waals surface area contributed by atoms with Crippen LogP contribution in [0.15, 0.2) is 24.3 Å². The fourth-order valence-corrected chi connectivity index (χ4v) is 2.78. The van der Waals surface area contributed by atoms with Crippen LogP contribution in [0.5, 0.6) is 5.75 Å². The summed E-state index contributed by atoms with van der Waals surface area (Å²) in [6, 6.07) is 8.67. The molecule has 0 amide bonds. The number of ether oxygens (including phenoxy) is 2. The highest BCUT2D eigenvalue weighted by atomic mass is 16.5. The van der Waals surface area contributed by atoms with Crippen LogP contribution in [0, 0.1) is 5.41 Å². The molecule has 0 saturated heterocycles. The fraction of sp³-hybridized carbons (Fsp3) is 0.647. The first-order valence-electron chi connectivity index (χ1n) is 7.60. The van der Waals surface area contributed by atoms with Crippen molar-refractivity contribution in [2.45, 2.75) is 38.6 Å². The number of methoxy groups -OCH3 is 2. The maximum Gasteiger partial charge on any atom is 0.123 e. The second-order valence-electron chi connectivity index (χ2n) is 5.83. The van der Waals surface area contributed by atoms with Crippen molar-refractivity contribution in [3.05, 3.63) is 29.8 Å². The summed E-state index contributed by atoms with van der Waals surface area (Å²) in [5, 5.41) is 3.74. The molecule has 0 aromatic heterocycles. The van der Waals surface area contributed by atoms with E-state index in [9.17, 15) is 0 Å². The van der Waals surface area contributed by atoms with Gasteiger partial charge in [0.25, 0.3) is 0 Å². The number of rotatable bonds is 9. The van der Waals surface area contributed by atoms with Crippen molar-refractivity contribution in [3.63, 3.8) is 0 Å². The molecule has 1 N–H and O–H groups in total. The van der Waals surface area contributed by atoms with Crippen molar-refractivity contribution in [2.75, 3.05) is 27.4 Å². The molecule has 1 aromatic carbocycles. The lowest BCUT2D eigenvalue weighted by Crippen LogP contribution is -2.29. The summed E-state index contributed by atoms with van der Waals surface area (Å²) in [5.41, 5.74) is 1.74. The highest BCUT2D eigenvalue weighted by Gasteiger charge is 2.41. The van der Waals surface area contributed by atoms with Crippen LogP contribution in [0.1, 0.15) is 44.2 Å². The summed E-state index contributed by atoms with van der Waals surface area (Å²) in [4.78, 5) is 0. The number of hydrogen-bond acceptors (Lipinski definition) is 3. The zero-order valence-electron chi connectivity index (χ0n) is 12.9. The zero-order chi connectivity index (χ0) is 14.4. The Balaban J connectivity index is 1.95. The first-order valence-corrected chi connectivity index (χ1v) is 7.60. The van der Waals surface area contributed by atoms with Crippen molar-refractivity contribution >= 4 is 0 Å². The Kier molecular flexibility index (Phi) is 5.44. The van der Waals surface area contributed by atoms with E-state index < -0.39 is 0 Å². The van der Waals surface area contributed by atoms with Crippen LogP contribution in [-0.2, 0) is 4.74 Å². The van der Waals surface area contributed by atoms with Crippen molar-refractivity contribution in [1.29, 1.82) is 0 Å². The molecule has 0 bridgehead atoms. The molecule has 1 atom stereocenters. The van der Waals surface area contributed by atoms with Crippen molar-refractivity contribution < 1.29 is 9.47 Å². The highest BCUT2D eigenvalue weighted by molar-refractivity contribution is 5.35. The predicted molar refractivity (Wildman–Crippen MR) is 82.2 cm³/mol. The summed E-state index contributed by atoms with van der Waals surface area (Å²) in [6.45, 7) is 4.17. The molecular formula is C17H27NO2.